The Morgan fingerprint density at radius 2 is 2.00 bits per heavy atom. The Balaban J connectivity index is 2.37. The van der Waals surface area contributed by atoms with E-state index < -0.39 is 22.1 Å². The van der Waals surface area contributed by atoms with Gasteiger partial charge in [0, 0.05) is 18.5 Å². The number of H-pyrrole nitrogens is 1. The Morgan fingerprint density at radius 1 is 1.32 bits per heavy atom. The number of rotatable bonds is 3. The van der Waals surface area contributed by atoms with Gasteiger partial charge in [-0.05, 0) is 18.2 Å². The van der Waals surface area contributed by atoms with E-state index in [1.54, 1.807) is 24.5 Å². The molecule has 2 heterocycles. The summed E-state index contributed by atoms with van der Waals surface area (Å²) < 4.78 is 1.50. The summed E-state index contributed by atoms with van der Waals surface area (Å²) in [6, 6.07) is 5.90. The molecule has 110 valence electrons. The number of aromatic nitrogens is 3. The highest BCUT2D eigenvalue weighted by Crippen LogP contribution is 2.27. The number of nitrogens with zero attached hydrogens (tertiary/aromatic N) is 3. The van der Waals surface area contributed by atoms with E-state index in [0.717, 1.165) is 6.07 Å². The number of carboxylic acid groups (broad SMARTS) is 1. The minimum atomic E-state index is -1.47. The molecule has 3 aromatic rings. The van der Waals surface area contributed by atoms with Crippen LogP contribution in [0.3, 0.4) is 0 Å². The van der Waals surface area contributed by atoms with Gasteiger partial charge >= 0.3 is 5.97 Å². The molecule has 3 rings (SSSR count). The van der Waals surface area contributed by atoms with Crippen LogP contribution in [-0.4, -0.2) is 30.5 Å². The first kappa shape index (κ1) is 13.5. The minimum Gasteiger partial charge on any atom is -0.476 e. The first-order valence-electron chi connectivity index (χ1n) is 6.06. The number of nitro benzene ring substituents is 1. The number of aromatic amines is 1. The molecule has 0 atom stereocenters. The van der Waals surface area contributed by atoms with Gasteiger partial charge in [0.2, 0.25) is 5.69 Å². The molecular formula is C13H8N4O5. The summed E-state index contributed by atoms with van der Waals surface area (Å²) in [5.41, 5.74) is -1.35. The number of benzene rings is 1. The summed E-state index contributed by atoms with van der Waals surface area (Å²) in [7, 11) is 0. The van der Waals surface area contributed by atoms with Gasteiger partial charge in [0.15, 0.2) is 0 Å². The van der Waals surface area contributed by atoms with E-state index in [1.165, 1.54) is 10.6 Å². The van der Waals surface area contributed by atoms with Gasteiger partial charge in [-0.2, -0.15) is 0 Å². The molecule has 2 aromatic heterocycles. The average molecular weight is 300 g/mol. The van der Waals surface area contributed by atoms with Crippen LogP contribution in [0.1, 0.15) is 10.5 Å². The van der Waals surface area contributed by atoms with Gasteiger partial charge in [0.05, 0.1) is 16.0 Å². The lowest BCUT2D eigenvalue weighted by Gasteiger charge is -2.06. The SMILES string of the molecule is O=C(O)c1nc2cc(-n3cccc3)c([N+](=O)[O-])cc2[nH]c1=O. The van der Waals surface area contributed by atoms with Crippen LogP contribution in [0.4, 0.5) is 5.69 Å². The lowest BCUT2D eigenvalue weighted by atomic mass is 10.2. The Morgan fingerprint density at radius 3 is 2.59 bits per heavy atom. The molecule has 0 saturated heterocycles. The van der Waals surface area contributed by atoms with E-state index in [4.69, 9.17) is 5.11 Å². The molecule has 1 aromatic carbocycles. The van der Waals surface area contributed by atoms with Gasteiger partial charge in [-0.3, -0.25) is 14.9 Å². The largest absolute Gasteiger partial charge is 0.476 e. The molecule has 22 heavy (non-hydrogen) atoms. The maximum Gasteiger partial charge on any atom is 0.360 e. The highest BCUT2D eigenvalue weighted by Gasteiger charge is 2.19. The molecule has 0 aliphatic carbocycles. The molecule has 0 radical (unpaired) electrons. The maximum absolute atomic E-state index is 11.6. The fourth-order valence-corrected chi connectivity index (χ4v) is 2.10. The average Bonchev–Trinajstić information content (AvgIpc) is 2.98. The van der Waals surface area contributed by atoms with Crippen LogP contribution in [0.15, 0.2) is 41.5 Å². The Labute approximate surface area is 121 Å². The minimum absolute atomic E-state index is 0.0950. The molecule has 0 saturated carbocycles. The second-order valence-corrected chi connectivity index (χ2v) is 4.43. The highest BCUT2D eigenvalue weighted by atomic mass is 16.6. The van der Waals surface area contributed by atoms with Gasteiger partial charge in [-0.1, -0.05) is 0 Å². The summed E-state index contributed by atoms with van der Waals surface area (Å²) in [5, 5.41) is 20.1. The number of fused-ring (bicyclic) bond motifs is 1. The molecule has 0 spiro atoms. The Hall–Kier alpha value is -3.49. The van der Waals surface area contributed by atoms with Crippen molar-refractivity contribution in [2.75, 3.05) is 0 Å². The summed E-state index contributed by atoms with van der Waals surface area (Å²) in [5.74, 6) is -1.47. The van der Waals surface area contributed by atoms with Gasteiger partial charge in [-0.15, -0.1) is 0 Å². The van der Waals surface area contributed by atoms with Crippen molar-refractivity contribution in [3.63, 3.8) is 0 Å². The smallest absolute Gasteiger partial charge is 0.360 e. The number of hydrogen-bond acceptors (Lipinski definition) is 5. The van der Waals surface area contributed by atoms with Gasteiger partial charge in [0.1, 0.15) is 5.69 Å². The van der Waals surface area contributed by atoms with E-state index in [9.17, 15) is 19.7 Å². The van der Waals surface area contributed by atoms with Crippen LogP contribution < -0.4 is 5.56 Å². The van der Waals surface area contributed by atoms with E-state index in [2.05, 4.69) is 9.97 Å². The Kier molecular flexibility index (Phi) is 2.95. The van der Waals surface area contributed by atoms with Crippen molar-refractivity contribution in [2.45, 2.75) is 0 Å². The van der Waals surface area contributed by atoms with Gasteiger partial charge in [0.25, 0.3) is 11.2 Å². The second kappa shape index (κ2) is 4.81. The number of aromatic carboxylic acids is 1. The molecule has 9 heteroatoms. The van der Waals surface area contributed by atoms with Crippen LogP contribution in [-0.2, 0) is 0 Å². The second-order valence-electron chi connectivity index (χ2n) is 4.43. The monoisotopic (exact) mass is 300 g/mol. The highest BCUT2D eigenvalue weighted by molar-refractivity contribution is 5.89. The van der Waals surface area contributed by atoms with Crippen molar-refractivity contribution in [3.8, 4) is 5.69 Å². The fourth-order valence-electron chi connectivity index (χ4n) is 2.10. The van der Waals surface area contributed by atoms with Crippen LogP contribution in [0.25, 0.3) is 16.7 Å². The first-order chi connectivity index (χ1) is 10.5. The van der Waals surface area contributed by atoms with Crippen molar-refractivity contribution in [1.82, 2.24) is 14.5 Å². The molecule has 0 aliphatic heterocycles. The number of nitrogens with one attached hydrogen (secondary N) is 1. The van der Waals surface area contributed by atoms with Crippen molar-refractivity contribution < 1.29 is 14.8 Å². The molecule has 0 unspecified atom stereocenters. The lowest BCUT2D eigenvalue weighted by Crippen LogP contribution is -2.20. The predicted molar refractivity (Wildman–Crippen MR) is 75.3 cm³/mol. The zero-order chi connectivity index (χ0) is 15.9. The van der Waals surface area contributed by atoms with E-state index >= 15 is 0 Å². The van der Waals surface area contributed by atoms with Crippen molar-refractivity contribution in [2.24, 2.45) is 0 Å². The molecule has 2 N–H and O–H groups in total. The van der Waals surface area contributed by atoms with Crippen molar-refractivity contribution in [3.05, 3.63) is 62.8 Å². The van der Waals surface area contributed by atoms with E-state index in [-0.39, 0.29) is 22.4 Å². The van der Waals surface area contributed by atoms with Crippen LogP contribution >= 0.6 is 0 Å². The molecule has 0 aliphatic rings. The Bertz CT molecular complexity index is 958. The topological polar surface area (TPSA) is 131 Å². The maximum atomic E-state index is 11.6. The third-order valence-corrected chi connectivity index (χ3v) is 3.07. The number of carbonyl (C=O) groups is 1. The first-order valence-corrected chi connectivity index (χ1v) is 6.06. The molecule has 0 fully saturated rings. The van der Waals surface area contributed by atoms with Crippen molar-refractivity contribution in [1.29, 1.82) is 0 Å². The van der Waals surface area contributed by atoms with Gasteiger partial charge < -0.3 is 14.7 Å². The molecule has 9 nitrogen and oxygen atoms in total. The third-order valence-electron chi connectivity index (χ3n) is 3.07. The van der Waals surface area contributed by atoms with Crippen LogP contribution in [0, 0.1) is 10.1 Å². The lowest BCUT2D eigenvalue weighted by molar-refractivity contribution is -0.384. The molecule has 0 amide bonds. The number of nitro groups is 1. The summed E-state index contributed by atoms with van der Waals surface area (Å²) in [6.07, 6.45) is 3.22. The normalized spacial score (nSPS) is 10.7. The van der Waals surface area contributed by atoms with Crippen molar-refractivity contribution >= 4 is 22.7 Å². The molecule has 0 bridgehead atoms. The summed E-state index contributed by atoms with van der Waals surface area (Å²) in [4.78, 5) is 39.2. The zero-order valence-corrected chi connectivity index (χ0v) is 10.9. The quantitative estimate of drug-likeness (QED) is 0.554. The van der Waals surface area contributed by atoms with E-state index in [0.29, 0.717) is 0 Å². The van der Waals surface area contributed by atoms with Crippen LogP contribution in [0.5, 0.6) is 0 Å². The fraction of sp³-hybridized carbons (Fsp3) is 0. The number of hydrogen-bond donors (Lipinski definition) is 2. The predicted octanol–water partition coefficient (Wildman–Crippen LogP) is 1.32. The summed E-state index contributed by atoms with van der Waals surface area (Å²) >= 11 is 0. The standard InChI is InChI=1S/C13H8N4O5/c18-12-11(13(19)20)14-7-5-9(16-3-1-2-4-16)10(17(21)22)6-8(7)15-12/h1-6H,(H,15,18)(H,19,20). The number of carboxylic acids is 1. The van der Waals surface area contributed by atoms with E-state index in [1.807, 2.05) is 0 Å². The van der Waals surface area contributed by atoms with Crippen LogP contribution in [0.2, 0.25) is 0 Å². The third kappa shape index (κ3) is 2.10. The van der Waals surface area contributed by atoms with Gasteiger partial charge in [-0.25, -0.2) is 9.78 Å². The summed E-state index contributed by atoms with van der Waals surface area (Å²) in [6.45, 7) is 0. The molecular weight excluding hydrogens is 292 g/mol. The zero-order valence-electron chi connectivity index (χ0n) is 10.9.